The van der Waals surface area contributed by atoms with Crippen LogP contribution < -0.4 is 21.7 Å². The Morgan fingerprint density at radius 3 is 2.46 bits per heavy atom. The van der Waals surface area contributed by atoms with Crippen LogP contribution >= 0.6 is 11.9 Å². The molecule has 194 valence electrons. The number of nitrogens with two attached hydrogens (primary N) is 2. The molecule has 0 radical (unpaired) electrons. The van der Waals surface area contributed by atoms with Crippen LogP contribution in [-0.2, 0) is 4.84 Å². The molecular formula is C27H31N5O4S. The number of carbonyl (C=O) groups is 2. The number of amides is 2. The quantitative estimate of drug-likeness (QED) is 0.117. The van der Waals surface area contributed by atoms with Crippen molar-refractivity contribution < 1.29 is 19.5 Å². The van der Waals surface area contributed by atoms with Gasteiger partial charge < -0.3 is 16.2 Å². The van der Waals surface area contributed by atoms with Gasteiger partial charge >= 0.3 is 0 Å². The highest BCUT2D eigenvalue weighted by atomic mass is 32.2. The van der Waals surface area contributed by atoms with Gasteiger partial charge in [-0.25, -0.2) is 5.48 Å². The van der Waals surface area contributed by atoms with Crippen LogP contribution in [-0.4, -0.2) is 42.4 Å². The molecule has 37 heavy (non-hydrogen) atoms. The summed E-state index contributed by atoms with van der Waals surface area (Å²) in [5, 5.41) is 18.5. The lowest BCUT2D eigenvalue weighted by molar-refractivity contribution is 0.0537. The van der Waals surface area contributed by atoms with Crippen LogP contribution in [0.5, 0.6) is 0 Å². The maximum Gasteiger partial charge on any atom is 0.274 e. The Hall–Kier alpha value is -3.70. The molecule has 0 aromatic heterocycles. The minimum atomic E-state index is -0.825. The number of aliphatic imine (C=N–C) groups is 1. The Morgan fingerprint density at radius 2 is 1.81 bits per heavy atom. The van der Waals surface area contributed by atoms with Crippen molar-refractivity contribution in [3.63, 3.8) is 0 Å². The summed E-state index contributed by atoms with van der Waals surface area (Å²) in [5.41, 5.74) is 11.7. The molecule has 0 bridgehead atoms. The molecule has 7 N–H and O–H groups in total. The number of hydrogen-bond donors (Lipinski definition) is 5. The number of hydrogen-bond acceptors (Lipinski definition) is 8. The van der Waals surface area contributed by atoms with Crippen LogP contribution in [0, 0.1) is 0 Å². The van der Waals surface area contributed by atoms with Crippen LogP contribution in [0.1, 0.15) is 46.5 Å². The van der Waals surface area contributed by atoms with Crippen LogP contribution in [0.3, 0.4) is 0 Å². The molecule has 0 aliphatic heterocycles. The summed E-state index contributed by atoms with van der Waals surface area (Å²) in [5.74, 6) is -0.694. The van der Waals surface area contributed by atoms with Crippen LogP contribution in [0.4, 0.5) is 11.4 Å². The highest BCUT2D eigenvalue weighted by molar-refractivity contribution is 7.97. The standard InChI is InChI=1S/C27H31N5O4S/c1-27(2,35)11-12-30-16-20-14-24(31-25(33)19-5-4-6-21(13-19)37-29)22(15-23(20)28)17-7-9-18(10-8-17)26(34)32-36-3/h4-10,13-16,35H,11-12,28-29H2,1-3H3,(H,31,33)(H,32,34). The Morgan fingerprint density at radius 1 is 1.08 bits per heavy atom. The SMILES string of the molecule is CONC(=O)c1ccc(-c2cc(N)c(C=NCCC(C)(C)O)cc2NC(=O)c2cccc(SN)c2)cc1. The van der Waals surface area contributed by atoms with Gasteiger partial charge in [-0.2, -0.15) is 0 Å². The predicted octanol–water partition coefficient (Wildman–Crippen LogP) is 4.03. The zero-order valence-corrected chi connectivity index (χ0v) is 21.8. The molecule has 0 unspecified atom stereocenters. The summed E-state index contributed by atoms with van der Waals surface area (Å²) in [6.07, 6.45) is 2.12. The van der Waals surface area contributed by atoms with Crippen LogP contribution in [0.2, 0.25) is 0 Å². The highest BCUT2D eigenvalue weighted by Crippen LogP contribution is 2.33. The average Bonchev–Trinajstić information content (AvgIpc) is 2.87. The fourth-order valence-corrected chi connectivity index (χ4v) is 3.80. The van der Waals surface area contributed by atoms with E-state index in [1.165, 1.54) is 7.11 Å². The molecular weight excluding hydrogens is 490 g/mol. The van der Waals surface area contributed by atoms with Crippen LogP contribution in [0.25, 0.3) is 11.1 Å². The fraction of sp³-hybridized carbons (Fsp3) is 0.222. The second kappa shape index (κ2) is 12.5. The third-order valence-corrected chi connectivity index (χ3v) is 5.97. The van der Waals surface area contributed by atoms with E-state index in [1.54, 1.807) is 74.7 Å². The molecule has 9 nitrogen and oxygen atoms in total. The molecule has 0 saturated carbocycles. The monoisotopic (exact) mass is 521 g/mol. The van der Waals surface area contributed by atoms with Gasteiger partial charge in [-0.05, 0) is 80.2 Å². The summed E-state index contributed by atoms with van der Waals surface area (Å²) in [4.78, 5) is 35.0. The first-order valence-corrected chi connectivity index (χ1v) is 12.4. The number of nitrogens with zero attached hydrogens (tertiary/aromatic N) is 1. The average molecular weight is 522 g/mol. The largest absolute Gasteiger partial charge is 0.398 e. The summed E-state index contributed by atoms with van der Waals surface area (Å²) in [6.45, 7) is 3.87. The number of aliphatic hydroxyl groups is 1. The van der Waals surface area contributed by atoms with Gasteiger partial charge in [0, 0.05) is 51.3 Å². The van der Waals surface area contributed by atoms with Crippen molar-refractivity contribution in [3.05, 3.63) is 77.4 Å². The molecule has 0 heterocycles. The summed E-state index contributed by atoms with van der Waals surface area (Å²) in [6, 6.07) is 17.3. The van der Waals surface area contributed by atoms with E-state index < -0.39 is 5.60 Å². The summed E-state index contributed by atoms with van der Waals surface area (Å²) in [7, 11) is 1.36. The first-order valence-electron chi connectivity index (χ1n) is 11.5. The Bertz CT molecular complexity index is 1290. The van der Waals surface area contributed by atoms with E-state index >= 15 is 0 Å². The van der Waals surface area contributed by atoms with Gasteiger partial charge in [0.15, 0.2) is 0 Å². The lowest BCUT2D eigenvalue weighted by Gasteiger charge is -2.16. The molecule has 3 aromatic carbocycles. The number of hydroxylamine groups is 1. The normalized spacial score (nSPS) is 11.5. The fourth-order valence-electron chi connectivity index (χ4n) is 3.45. The lowest BCUT2D eigenvalue weighted by atomic mass is 9.98. The lowest BCUT2D eigenvalue weighted by Crippen LogP contribution is -2.21. The number of rotatable bonds is 10. The van der Waals surface area contributed by atoms with Gasteiger partial charge in [0.2, 0.25) is 0 Å². The van der Waals surface area contributed by atoms with Gasteiger partial charge in [0.05, 0.1) is 12.7 Å². The Kier molecular flexibility index (Phi) is 9.42. The topological polar surface area (TPSA) is 152 Å². The number of nitrogens with one attached hydrogen (secondary N) is 2. The van der Waals surface area contributed by atoms with Crippen molar-refractivity contribution >= 4 is 41.4 Å². The summed E-state index contributed by atoms with van der Waals surface area (Å²) >= 11 is 1.06. The number of carbonyl (C=O) groups excluding carboxylic acids is 2. The molecule has 0 aliphatic carbocycles. The van der Waals surface area contributed by atoms with E-state index in [0.29, 0.717) is 46.6 Å². The molecule has 3 rings (SSSR count). The Balaban J connectivity index is 1.98. The van der Waals surface area contributed by atoms with Gasteiger partial charge in [0.25, 0.3) is 11.8 Å². The molecule has 0 saturated heterocycles. The molecule has 0 spiro atoms. The molecule has 2 amide bonds. The van der Waals surface area contributed by atoms with Crippen molar-refractivity contribution in [3.8, 4) is 11.1 Å². The molecule has 0 atom stereocenters. The van der Waals surface area contributed by atoms with Crippen molar-refractivity contribution in [2.24, 2.45) is 10.1 Å². The van der Waals surface area contributed by atoms with Crippen LogP contribution in [0.15, 0.2) is 70.6 Å². The first-order chi connectivity index (χ1) is 17.6. The van der Waals surface area contributed by atoms with Gasteiger partial charge in [-0.3, -0.25) is 24.6 Å². The maximum absolute atomic E-state index is 13.1. The molecule has 0 fully saturated rings. The molecule has 3 aromatic rings. The van der Waals surface area contributed by atoms with E-state index in [2.05, 4.69) is 20.6 Å². The van der Waals surface area contributed by atoms with Crippen molar-refractivity contribution in [2.45, 2.75) is 30.8 Å². The second-order valence-corrected chi connectivity index (χ2v) is 9.64. The smallest absolute Gasteiger partial charge is 0.274 e. The third-order valence-electron chi connectivity index (χ3n) is 5.44. The van der Waals surface area contributed by atoms with E-state index in [1.807, 2.05) is 6.07 Å². The molecule has 0 aliphatic rings. The maximum atomic E-state index is 13.1. The van der Waals surface area contributed by atoms with E-state index in [-0.39, 0.29) is 11.8 Å². The van der Waals surface area contributed by atoms with E-state index in [4.69, 9.17) is 10.9 Å². The number of benzene rings is 3. The van der Waals surface area contributed by atoms with E-state index in [0.717, 1.165) is 22.4 Å². The van der Waals surface area contributed by atoms with Crippen molar-refractivity contribution in [2.75, 3.05) is 24.7 Å². The number of nitrogen functional groups attached to an aromatic ring is 1. The first kappa shape index (κ1) is 27.9. The predicted molar refractivity (Wildman–Crippen MR) is 149 cm³/mol. The van der Waals surface area contributed by atoms with Crippen molar-refractivity contribution in [1.82, 2.24) is 5.48 Å². The minimum absolute atomic E-state index is 0.317. The second-order valence-electron chi connectivity index (χ2n) is 8.94. The third kappa shape index (κ3) is 7.89. The number of anilines is 2. The van der Waals surface area contributed by atoms with Crippen molar-refractivity contribution in [1.29, 1.82) is 0 Å². The minimum Gasteiger partial charge on any atom is -0.398 e. The highest BCUT2D eigenvalue weighted by Gasteiger charge is 2.15. The zero-order valence-electron chi connectivity index (χ0n) is 20.9. The van der Waals surface area contributed by atoms with Gasteiger partial charge in [-0.15, -0.1) is 0 Å². The van der Waals surface area contributed by atoms with Gasteiger partial charge in [-0.1, -0.05) is 18.2 Å². The molecule has 10 heteroatoms. The Labute approximate surface area is 220 Å². The van der Waals surface area contributed by atoms with E-state index in [9.17, 15) is 14.7 Å². The van der Waals surface area contributed by atoms with Gasteiger partial charge in [0.1, 0.15) is 0 Å². The zero-order chi connectivity index (χ0) is 27.0. The summed E-state index contributed by atoms with van der Waals surface area (Å²) < 4.78 is 0.